The van der Waals surface area contributed by atoms with Crippen LogP contribution in [0.2, 0.25) is 5.15 Å². The first-order valence-corrected chi connectivity index (χ1v) is 5.57. The molecule has 0 aliphatic heterocycles. The van der Waals surface area contributed by atoms with Gasteiger partial charge < -0.3 is 0 Å². The van der Waals surface area contributed by atoms with Gasteiger partial charge in [-0.1, -0.05) is 41.4 Å². The molecule has 0 saturated carbocycles. The average Bonchev–Trinajstić information content (AvgIpc) is 2.27. The second kappa shape index (κ2) is 4.62. The molecule has 0 saturated heterocycles. The minimum atomic E-state index is 0.492. The van der Waals surface area contributed by atoms with Crippen molar-refractivity contribution in [1.29, 1.82) is 0 Å². The molecule has 2 nitrogen and oxygen atoms in total. The van der Waals surface area contributed by atoms with Crippen LogP contribution in [0.5, 0.6) is 0 Å². The summed E-state index contributed by atoms with van der Waals surface area (Å²) in [4.78, 5) is 0. The Hall–Kier alpha value is -1.41. The van der Waals surface area contributed by atoms with Crippen LogP contribution in [0.15, 0.2) is 30.3 Å². The zero-order valence-electron chi connectivity index (χ0n) is 9.37. The molecule has 0 unspecified atom stereocenters. The van der Waals surface area contributed by atoms with Crippen molar-refractivity contribution >= 4 is 11.6 Å². The third-order valence-electron chi connectivity index (χ3n) is 2.46. The number of aryl methyl sites for hydroxylation is 2. The lowest BCUT2D eigenvalue weighted by atomic mass is 10.1. The second-order valence-corrected chi connectivity index (χ2v) is 4.32. The molecule has 3 heteroatoms. The Labute approximate surface area is 100 Å². The first kappa shape index (κ1) is 11.1. The molecule has 0 atom stereocenters. The van der Waals surface area contributed by atoms with Gasteiger partial charge in [0.1, 0.15) is 0 Å². The molecule has 1 aromatic carbocycles. The van der Waals surface area contributed by atoms with Crippen LogP contribution in [-0.4, -0.2) is 10.2 Å². The number of halogens is 1. The summed E-state index contributed by atoms with van der Waals surface area (Å²) in [5, 5.41) is 8.31. The molecule has 0 fully saturated rings. The van der Waals surface area contributed by atoms with E-state index in [0.717, 1.165) is 17.7 Å². The second-order valence-electron chi connectivity index (χ2n) is 3.96. The van der Waals surface area contributed by atoms with E-state index in [9.17, 15) is 0 Å². The molecular weight excluding hydrogens is 220 g/mol. The minimum absolute atomic E-state index is 0.492. The van der Waals surface area contributed by atoms with Crippen LogP contribution in [0, 0.1) is 13.8 Å². The van der Waals surface area contributed by atoms with Gasteiger partial charge in [0.15, 0.2) is 5.15 Å². The molecule has 0 bridgehead atoms. The highest BCUT2D eigenvalue weighted by atomic mass is 35.5. The fourth-order valence-corrected chi connectivity index (χ4v) is 1.74. The maximum Gasteiger partial charge on any atom is 0.155 e. The van der Waals surface area contributed by atoms with Gasteiger partial charge in [0.25, 0.3) is 0 Å². The maximum absolute atomic E-state index is 6.00. The van der Waals surface area contributed by atoms with E-state index < -0.39 is 0 Å². The van der Waals surface area contributed by atoms with Gasteiger partial charge in [0.2, 0.25) is 0 Å². The van der Waals surface area contributed by atoms with Gasteiger partial charge in [-0.15, -0.1) is 5.10 Å². The van der Waals surface area contributed by atoms with E-state index in [-0.39, 0.29) is 0 Å². The van der Waals surface area contributed by atoms with Crippen LogP contribution in [-0.2, 0) is 6.42 Å². The van der Waals surface area contributed by atoms with Gasteiger partial charge in [0, 0.05) is 6.42 Å². The summed E-state index contributed by atoms with van der Waals surface area (Å²) in [5.41, 5.74) is 4.42. The van der Waals surface area contributed by atoms with Gasteiger partial charge in [-0.25, -0.2) is 0 Å². The molecule has 0 radical (unpaired) electrons. The van der Waals surface area contributed by atoms with Crippen LogP contribution < -0.4 is 0 Å². The van der Waals surface area contributed by atoms with E-state index >= 15 is 0 Å². The molecule has 82 valence electrons. The Kier molecular flexibility index (Phi) is 3.20. The standard InChI is InChI=1S/C13H13ClN2/c1-9-3-5-11(6-4-9)8-12-7-10(2)15-16-13(12)14/h3-7H,8H2,1-2H3. The number of hydrogen-bond donors (Lipinski definition) is 0. The molecular formula is C13H13ClN2. The Morgan fingerprint density at radius 2 is 1.75 bits per heavy atom. The number of aromatic nitrogens is 2. The van der Waals surface area contributed by atoms with E-state index in [0.29, 0.717) is 5.15 Å². The van der Waals surface area contributed by atoms with E-state index in [1.54, 1.807) is 0 Å². The minimum Gasteiger partial charge on any atom is -0.154 e. The quantitative estimate of drug-likeness (QED) is 0.794. The lowest BCUT2D eigenvalue weighted by molar-refractivity contribution is 0.952. The van der Waals surface area contributed by atoms with Crippen molar-refractivity contribution in [1.82, 2.24) is 10.2 Å². The maximum atomic E-state index is 6.00. The third-order valence-corrected chi connectivity index (χ3v) is 2.78. The normalized spacial score (nSPS) is 10.4. The molecule has 16 heavy (non-hydrogen) atoms. The molecule has 0 aliphatic carbocycles. The van der Waals surface area contributed by atoms with Crippen molar-refractivity contribution in [3.8, 4) is 0 Å². The summed E-state index contributed by atoms with van der Waals surface area (Å²) < 4.78 is 0. The Balaban J connectivity index is 2.26. The predicted molar refractivity (Wildman–Crippen MR) is 65.8 cm³/mol. The summed E-state index contributed by atoms with van der Waals surface area (Å²) in [5.74, 6) is 0. The van der Waals surface area contributed by atoms with Crippen molar-refractivity contribution in [2.45, 2.75) is 20.3 Å². The van der Waals surface area contributed by atoms with E-state index in [1.165, 1.54) is 11.1 Å². The Bertz CT molecular complexity index is 492. The van der Waals surface area contributed by atoms with Crippen LogP contribution >= 0.6 is 11.6 Å². The van der Waals surface area contributed by atoms with Crippen LogP contribution in [0.25, 0.3) is 0 Å². The van der Waals surface area contributed by atoms with Gasteiger partial charge in [0.05, 0.1) is 5.69 Å². The van der Waals surface area contributed by atoms with Gasteiger partial charge >= 0.3 is 0 Å². The van der Waals surface area contributed by atoms with Crippen molar-refractivity contribution in [2.75, 3.05) is 0 Å². The first-order chi connectivity index (χ1) is 7.65. The molecule has 0 aliphatic rings. The van der Waals surface area contributed by atoms with Gasteiger partial charge in [-0.3, -0.25) is 0 Å². The molecule has 2 rings (SSSR count). The number of rotatable bonds is 2. The van der Waals surface area contributed by atoms with Gasteiger partial charge in [-0.05, 0) is 31.0 Å². The Morgan fingerprint density at radius 3 is 2.44 bits per heavy atom. The molecule has 2 aromatic rings. The van der Waals surface area contributed by atoms with Crippen molar-refractivity contribution < 1.29 is 0 Å². The average molecular weight is 233 g/mol. The highest BCUT2D eigenvalue weighted by Gasteiger charge is 2.04. The van der Waals surface area contributed by atoms with Crippen LogP contribution in [0.1, 0.15) is 22.4 Å². The smallest absolute Gasteiger partial charge is 0.154 e. The summed E-state index contributed by atoms with van der Waals surface area (Å²) in [6.45, 7) is 4.00. The lowest BCUT2D eigenvalue weighted by Gasteiger charge is -2.04. The summed E-state index contributed by atoms with van der Waals surface area (Å²) >= 11 is 6.00. The molecule has 1 aromatic heterocycles. The topological polar surface area (TPSA) is 25.8 Å². The summed E-state index contributed by atoms with van der Waals surface area (Å²) in [6, 6.07) is 10.4. The largest absolute Gasteiger partial charge is 0.155 e. The van der Waals surface area contributed by atoms with Crippen LogP contribution in [0.3, 0.4) is 0 Å². The number of benzene rings is 1. The van der Waals surface area contributed by atoms with E-state index in [4.69, 9.17) is 11.6 Å². The fourth-order valence-electron chi connectivity index (χ4n) is 1.58. The molecule has 1 heterocycles. The first-order valence-electron chi connectivity index (χ1n) is 5.19. The zero-order chi connectivity index (χ0) is 11.5. The summed E-state index contributed by atoms with van der Waals surface area (Å²) in [6.07, 6.45) is 0.801. The van der Waals surface area contributed by atoms with E-state index in [2.05, 4.69) is 41.4 Å². The lowest BCUT2D eigenvalue weighted by Crippen LogP contribution is -1.95. The van der Waals surface area contributed by atoms with Gasteiger partial charge in [-0.2, -0.15) is 5.10 Å². The number of nitrogens with zero attached hydrogens (tertiary/aromatic N) is 2. The summed E-state index contributed by atoms with van der Waals surface area (Å²) in [7, 11) is 0. The highest BCUT2D eigenvalue weighted by molar-refractivity contribution is 6.30. The van der Waals surface area contributed by atoms with Crippen molar-refractivity contribution in [3.63, 3.8) is 0 Å². The SMILES string of the molecule is Cc1ccc(Cc2cc(C)nnc2Cl)cc1. The predicted octanol–water partition coefficient (Wildman–Crippen LogP) is 3.34. The van der Waals surface area contributed by atoms with Crippen molar-refractivity contribution in [3.05, 3.63) is 57.9 Å². The van der Waals surface area contributed by atoms with Crippen LogP contribution in [0.4, 0.5) is 0 Å². The van der Waals surface area contributed by atoms with Crippen molar-refractivity contribution in [2.24, 2.45) is 0 Å². The van der Waals surface area contributed by atoms with E-state index in [1.807, 2.05) is 13.0 Å². The zero-order valence-corrected chi connectivity index (χ0v) is 10.1. The fraction of sp³-hybridized carbons (Fsp3) is 0.231. The molecule has 0 amide bonds. The third kappa shape index (κ3) is 2.58. The number of hydrogen-bond acceptors (Lipinski definition) is 2. The highest BCUT2D eigenvalue weighted by Crippen LogP contribution is 2.17. The Morgan fingerprint density at radius 1 is 1.06 bits per heavy atom. The monoisotopic (exact) mass is 232 g/mol. The molecule has 0 N–H and O–H groups in total. The molecule has 0 spiro atoms.